The van der Waals surface area contributed by atoms with Crippen molar-refractivity contribution < 1.29 is 28.0 Å². The number of benzene rings is 2. The number of hydrogen-bond acceptors (Lipinski definition) is 5. The van der Waals surface area contributed by atoms with Gasteiger partial charge in [-0.3, -0.25) is 14.9 Å². The first-order valence-corrected chi connectivity index (χ1v) is 6.66. The third kappa shape index (κ3) is 4.90. The van der Waals surface area contributed by atoms with Crippen molar-refractivity contribution in [1.29, 1.82) is 0 Å². The largest absolute Gasteiger partial charge is 0.477 e. The molecule has 126 valence electrons. The second kappa shape index (κ2) is 7.86. The van der Waals surface area contributed by atoms with Crippen LogP contribution in [-0.2, 0) is 4.79 Å². The SMILES string of the molecule is O=C(COc1ccccc1[N+](=O)[O-])Nc1ccc(OC(F)F)cc1. The van der Waals surface area contributed by atoms with Gasteiger partial charge >= 0.3 is 12.3 Å². The summed E-state index contributed by atoms with van der Waals surface area (Å²) in [5.41, 5.74) is 0.0894. The van der Waals surface area contributed by atoms with Crippen LogP contribution in [0.1, 0.15) is 0 Å². The Kier molecular flexibility index (Phi) is 5.61. The Balaban J connectivity index is 1.91. The molecule has 0 spiro atoms. The summed E-state index contributed by atoms with van der Waals surface area (Å²) in [4.78, 5) is 22.0. The smallest absolute Gasteiger partial charge is 0.387 e. The summed E-state index contributed by atoms with van der Waals surface area (Å²) in [6.07, 6.45) is 0. The molecule has 0 saturated carbocycles. The Labute approximate surface area is 135 Å². The van der Waals surface area contributed by atoms with Crippen LogP contribution in [0.4, 0.5) is 20.2 Å². The van der Waals surface area contributed by atoms with E-state index in [0.717, 1.165) is 0 Å². The number of para-hydroxylation sites is 2. The third-order valence-corrected chi connectivity index (χ3v) is 2.78. The first-order chi connectivity index (χ1) is 11.5. The van der Waals surface area contributed by atoms with Crippen LogP contribution in [0.15, 0.2) is 48.5 Å². The third-order valence-electron chi connectivity index (χ3n) is 2.78. The highest BCUT2D eigenvalue weighted by Gasteiger charge is 2.15. The van der Waals surface area contributed by atoms with Crippen molar-refractivity contribution in [2.45, 2.75) is 6.61 Å². The number of rotatable bonds is 7. The van der Waals surface area contributed by atoms with E-state index in [-0.39, 0.29) is 17.2 Å². The Hall–Kier alpha value is -3.23. The second-order valence-electron chi connectivity index (χ2n) is 4.46. The van der Waals surface area contributed by atoms with Crippen LogP contribution in [-0.4, -0.2) is 24.0 Å². The number of hydrogen-bond donors (Lipinski definition) is 1. The van der Waals surface area contributed by atoms with Gasteiger partial charge in [-0.25, -0.2) is 0 Å². The number of ether oxygens (including phenoxy) is 2. The molecule has 0 radical (unpaired) electrons. The van der Waals surface area contributed by atoms with Crippen LogP contribution in [0.2, 0.25) is 0 Å². The highest BCUT2D eigenvalue weighted by Crippen LogP contribution is 2.25. The van der Waals surface area contributed by atoms with Crippen LogP contribution >= 0.6 is 0 Å². The summed E-state index contributed by atoms with van der Waals surface area (Å²) in [5.74, 6) is -0.631. The van der Waals surface area contributed by atoms with Crippen molar-refractivity contribution in [2.24, 2.45) is 0 Å². The van der Waals surface area contributed by atoms with Crippen LogP contribution in [0.3, 0.4) is 0 Å². The minimum Gasteiger partial charge on any atom is -0.477 e. The number of carbonyl (C=O) groups is 1. The number of amides is 1. The molecule has 1 N–H and O–H groups in total. The van der Waals surface area contributed by atoms with Crippen molar-refractivity contribution in [3.8, 4) is 11.5 Å². The molecule has 0 aromatic heterocycles. The van der Waals surface area contributed by atoms with E-state index < -0.39 is 24.0 Å². The molecule has 0 aliphatic carbocycles. The molecule has 0 fully saturated rings. The molecular formula is C15H12F2N2O5. The predicted molar refractivity (Wildman–Crippen MR) is 80.3 cm³/mol. The van der Waals surface area contributed by atoms with Gasteiger partial charge in [0, 0.05) is 11.8 Å². The first kappa shape index (κ1) is 17.1. The quantitative estimate of drug-likeness (QED) is 0.618. The standard InChI is InChI=1S/C15H12F2N2O5/c16-15(17)24-11-7-5-10(6-8-11)18-14(20)9-23-13-4-2-1-3-12(13)19(21)22/h1-8,15H,9H2,(H,18,20). The molecule has 9 heteroatoms. The number of nitrogens with zero attached hydrogens (tertiary/aromatic N) is 1. The van der Waals surface area contributed by atoms with Crippen molar-refractivity contribution in [3.05, 3.63) is 58.6 Å². The number of nitro groups is 1. The molecule has 2 aromatic carbocycles. The number of halogens is 2. The highest BCUT2D eigenvalue weighted by atomic mass is 19.3. The van der Waals surface area contributed by atoms with Crippen molar-refractivity contribution >= 4 is 17.3 Å². The lowest BCUT2D eigenvalue weighted by atomic mass is 10.3. The second-order valence-corrected chi connectivity index (χ2v) is 4.46. The van der Waals surface area contributed by atoms with E-state index >= 15 is 0 Å². The summed E-state index contributed by atoms with van der Waals surface area (Å²) in [5, 5.41) is 13.3. The molecule has 0 aliphatic heterocycles. The minimum absolute atomic E-state index is 0.0293. The maximum Gasteiger partial charge on any atom is 0.387 e. The van der Waals surface area contributed by atoms with Crippen molar-refractivity contribution in [2.75, 3.05) is 11.9 Å². The van der Waals surface area contributed by atoms with Gasteiger partial charge in [-0.15, -0.1) is 0 Å². The van der Waals surface area contributed by atoms with Crippen LogP contribution < -0.4 is 14.8 Å². The summed E-state index contributed by atoms with van der Waals surface area (Å²) in [7, 11) is 0. The van der Waals surface area contributed by atoms with E-state index in [2.05, 4.69) is 10.1 Å². The molecule has 0 atom stereocenters. The molecule has 7 nitrogen and oxygen atoms in total. The molecule has 24 heavy (non-hydrogen) atoms. The van der Waals surface area contributed by atoms with Gasteiger partial charge < -0.3 is 14.8 Å². The summed E-state index contributed by atoms with van der Waals surface area (Å²) >= 11 is 0. The average molecular weight is 338 g/mol. The van der Waals surface area contributed by atoms with Gasteiger partial charge in [0.05, 0.1) is 4.92 Å². The Morgan fingerprint density at radius 3 is 2.46 bits per heavy atom. The lowest BCUT2D eigenvalue weighted by molar-refractivity contribution is -0.385. The van der Waals surface area contributed by atoms with Crippen LogP contribution in [0.25, 0.3) is 0 Å². The van der Waals surface area contributed by atoms with E-state index in [1.165, 1.54) is 42.5 Å². The fourth-order valence-electron chi connectivity index (χ4n) is 1.79. The highest BCUT2D eigenvalue weighted by molar-refractivity contribution is 5.91. The average Bonchev–Trinajstić information content (AvgIpc) is 2.54. The molecule has 0 saturated heterocycles. The molecule has 0 unspecified atom stereocenters. The zero-order valence-corrected chi connectivity index (χ0v) is 12.1. The van der Waals surface area contributed by atoms with Crippen LogP contribution in [0.5, 0.6) is 11.5 Å². The van der Waals surface area contributed by atoms with Crippen molar-refractivity contribution in [1.82, 2.24) is 0 Å². The molecule has 2 aromatic rings. The van der Waals surface area contributed by atoms with E-state index in [1.54, 1.807) is 6.07 Å². The molecule has 0 aliphatic rings. The summed E-state index contributed by atoms with van der Waals surface area (Å²) < 4.78 is 33.4. The van der Waals surface area contributed by atoms with Gasteiger partial charge in [0.25, 0.3) is 5.91 Å². The number of carbonyl (C=O) groups excluding carboxylic acids is 1. The van der Waals surface area contributed by atoms with Gasteiger partial charge in [0.1, 0.15) is 5.75 Å². The van der Waals surface area contributed by atoms with E-state index in [4.69, 9.17) is 4.74 Å². The maximum atomic E-state index is 12.0. The predicted octanol–water partition coefficient (Wildman–Crippen LogP) is 3.21. The van der Waals surface area contributed by atoms with E-state index in [0.29, 0.717) is 5.69 Å². The van der Waals surface area contributed by atoms with Gasteiger partial charge in [-0.2, -0.15) is 8.78 Å². The Bertz CT molecular complexity index is 722. The number of nitro benzene ring substituents is 1. The fourth-order valence-corrected chi connectivity index (χ4v) is 1.79. The Morgan fingerprint density at radius 1 is 1.17 bits per heavy atom. The van der Waals surface area contributed by atoms with Gasteiger partial charge in [-0.05, 0) is 30.3 Å². The van der Waals surface area contributed by atoms with Gasteiger partial charge in [0.2, 0.25) is 0 Å². The molecule has 2 rings (SSSR count). The van der Waals surface area contributed by atoms with Gasteiger partial charge in [-0.1, -0.05) is 12.1 Å². The Morgan fingerprint density at radius 2 is 1.83 bits per heavy atom. The normalized spacial score (nSPS) is 10.3. The summed E-state index contributed by atoms with van der Waals surface area (Å²) in [6, 6.07) is 10.9. The first-order valence-electron chi connectivity index (χ1n) is 6.66. The van der Waals surface area contributed by atoms with Crippen LogP contribution in [0, 0.1) is 10.1 Å². The number of anilines is 1. The molecule has 0 bridgehead atoms. The minimum atomic E-state index is -2.93. The zero-order valence-electron chi connectivity index (χ0n) is 12.1. The number of alkyl halides is 2. The maximum absolute atomic E-state index is 12.0. The van der Waals surface area contributed by atoms with E-state index in [9.17, 15) is 23.7 Å². The lowest BCUT2D eigenvalue weighted by Crippen LogP contribution is -2.20. The zero-order chi connectivity index (χ0) is 17.5. The molecule has 1 amide bonds. The molecule has 0 heterocycles. The number of nitrogens with one attached hydrogen (secondary N) is 1. The fraction of sp³-hybridized carbons (Fsp3) is 0.133. The summed E-state index contributed by atoms with van der Waals surface area (Å²) in [6.45, 7) is -3.37. The van der Waals surface area contributed by atoms with E-state index in [1.807, 2.05) is 0 Å². The topological polar surface area (TPSA) is 90.7 Å². The van der Waals surface area contributed by atoms with Crippen molar-refractivity contribution in [3.63, 3.8) is 0 Å². The monoisotopic (exact) mass is 338 g/mol. The lowest BCUT2D eigenvalue weighted by Gasteiger charge is -2.09. The molecular weight excluding hydrogens is 326 g/mol. The van der Waals surface area contributed by atoms with Gasteiger partial charge in [0.15, 0.2) is 12.4 Å².